The predicted octanol–water partition coefficient (Wildman–Crippen LogP) is 2.78. The van der Waals surface area contributed by atoms with Crippen LogP contribution < -0.4 is 5.32 Å². The average molecular weight is 416 g/mol. The van der Waals surface area contributed by atoms with Gasteiger partial charge in [0, 0.05) is 36.1 Å². The molecule has 3 rings (SSSR count). The van der Waals surface area contributed by atoms with Crippen molar-refractivity contribution < 1.29 is 8.42 Å². The second kappa shape index (κ2) is 8.01. The van der Waals surface area contributed by atoms with Crippen LogP contribution in [-0.4, -0.2) is 48.9 Å². The van der Waals surface area contributed by atoms with E-state index in [1.807, 2.05) is 16.3 Å². The molecule has 0 radical (unpaired) electrons. The van der Waals surface area contributed by atoms with Crippen LogP contribution >= 0.6 is 35.2 Å². The number of piperazine rings is 1. The largest absolute Gasteiger partial charge is 0.358 e. The number of nitrogens with zero attached hydrogens (tertiary/aromatic N) is 2. The second-order valence-corrected chi connectivity index (χ2v) is 9.38. The summed E-state index contributed by atoms with van der Waals surface area (Å²) < 4.78 is 26.8. The standard InChI is InChI=1S/C16H18ClN3O2S3/c17-13-3-5-15(6-4-13)25(21,22)20-9-7-19(8-10-20)16(23)18-12-14-2-1-11-24-14/h1-6,11H,7-10,12H2,(H,18,23). The lowest BCUT2D eigenvalue weighted by atomic mass is 10.4. The van der Waals surface area contributed by atoms with E-state index in [1.165, 1.54) is 21.3 Å². The van der Waals surface area contributed by atoms with Gasteiger partial charge in [0.05, 0.1) is 11.4 Å². The van der Waals surface area contributed by atoms with E-state index in [0.29, 0.717) is 42.9 Å². The lowest BCUT2D eigenvalue weighted by Gasteiger charge is -2.35. The highest BCUT2D eigenvalue weighted by atomic mass is 35.5. The summed E-state index contributed by atoms with van der Waals surface area (Å²) in [5.41, 5.74) is 0. The van der Waals surface area contributed by atoms with Crippen LogP contribution in [0.5, 0.6) is 0 Å². The minimum absolute atomic E-state index is 0.267. The lowest BCUT2D eigenvalue weighted by molar-refractivity contribution is 0.264. The van der Waals surface area contributed by atoms with Gasteiger partial charge in [0.25, 0.3) is 0 Å². The number of rotatable bonds is 4. The summed E-state index contributed by atoms with van der Waals surface area (Å²) in [7, 11) is -3.49. The van der Waals surface area contributed by atoms with E-state index in [-0.39, 0.29) is 4.90 Å². The van der Waals surface area contributed by atoms with Crippen LogP contribution in [0.4, 0.5) is 0 Å². The monoisotopic (exact) mass is 415 g/mol. The molecular weight excluding hydrogens is 398 g/mol. The molecule has 5 nitrogen and oxygen atoms in total. The highest BCUT2D eigenvalue weighted by molar-refractivity contribution is 7.89. The van der Waals surface area contributed by atoms with E-state index in [0.717, 1.165) is 0 Å². The van der Waals surface area contributed by atoms with Crippen LogP contribution in [0.2, 0.25) is 5.02 Å². The van der Waals surface area contributed by atoms with Gasteiger partial charge in [-0.3, -0.25) is 0 Å². The Hall–Kier alpha value is -1.19. The maximum atomic E-state index is 12.7. The van der Waals surface area contributed by atoms with Gasteiger partial charge in [0.1, 0.15) is 0 Å². The molecule has 0 unspecified atom stereocenters. The van der Waals surface area contributed by atoms with Gasteiger partial charge < -0.3 is 10.2 Å². The van der Waals surface area contributed by atoms with Crippen LogP contribution in [0, 0.1) is 0 Å². The Bertz CT molecular complexity index is 815. The van der Waals surface area contributed by atoms with Crippen molar-refractivity contribution in [3.05, 3.63) is 51.7 Å². The van der Waals surface area contributed by atoms with E-state index < -0.39 is 10.0 Å². The number of thiocarbonyl (C=S) groups is 1. The first-order chi connectivity index (χ1) is 12.0. The van der Waals surface area contributed by atoms with Crippen molar-refractivity contribution in [1.29, 1.82) is 0 Å². The number of hydrogen-bond acceptors (Lipinski definition) is 4. The van der Waals surface area contributed by atoms with E-state index in [1.54, 1.807) is 23.5 Å². The minimum atomic E-state index is -3.49. The Labute approximate surface area is 162 Å². The maximum Gasteiger partial charge on any atom is 0.243 e. The van der Waals surface area contributed by atoms with Gasteiger partial charge in [-0.1, -0.05) is 17.7 Å². The summed E-state index contributed by atoms with van der Waals surface area (Å²) in [6.07, 6.45) is 0. The van der Waals surface area contributed by atoms with Crippen molar-refractivity contribution in [1.82, 2.24) is 14.5 Å². The number of halogens is 1. The highest BCUT2D eigenvalue weighted by Gasteiger charge is 2.29. The molecule has 2 heterocycles. The third-order valence-corrected chi connectivity index (χ3v) is 7.41. The molecule has 1 aromatic heterocycles. The molecule has 0 saturated carbocycles. The second-order valence-electron chi connectivity index (χ2n) is 5.58. The van der Waals surface area contributed by atoms with Gasteiger partial charge in [-0.2, -0.15) is 4.31 Å². The summed E-state index contributed by atoms with van der Waals surface area (Å²) >= 11 is 12.9. The van der Waals surface area contributed by atoms with E-state index >= 15 is 0 Å². The van der Waals surface area contributed by atoms with Crippen molar-refractivity contribution in [2.75, 3.05) is 26.2 Å². The zero-order valence-electron chi connectivity index (χ0n) is 13.4. The van der Waals surface area contributed by atoms with Gasteiger partial charge in [-0.25, -0.2) is 8.42 Å². The normalized spacial score (nSPS) is 16.0. The number of thiophene rings is 1. The van der Waals surface area contributed by atoms with Gasteiger partial charge in [-0.05, 0) is 47.9 Å². The minimum Gasteiger partial charge on any atom is -0.358 e. The molecule has 0 spiro atoms. The quantitative estimate of drug-likeness (QED) is 0.778. The number of sulfonamides is 1. The number of benzene rings is 1. The predicted molar refractivity (Wildman–Crippen MR) is 106 cm³/mol. The summed E-state index contributed by atoms with van der Waals surface area (Å²) in [5.74, 6) is 0. The van der Waals surface area contributed by atoms with E-state index in [4.69, 9.17) is 23.8 Å². The maximum absolute atomic E-state index is 12.7. The first-order valence-corrected chi connectivity index (χ1v) is 10.9. The van der Waals surface area contributed by atoms with Crippen LogP contribution in [0.3, 0.4) is 0 Å². The first-order valence-electron chi connectivity index (χ1n) is 7.78. The SMILES string of the molecule is O=S(=O)(c1ccc(Cl)cc1)N1CCN(C(=S)NCc2cccs2)CC1. The Kier molecular flexibility index (Phi) is 5.96. The van der Waals surface area contributed by atoms with Gasteiger partial charge >= 0.3 is 0 Å². The van der Waals surface area contributed by atoms with Crippen molar-refractivity contribution in [3.8, 4) is 0 Å². The molecule has 1 saturated heterocycles. The smallest absolute Gasteiger partial charge is 0.243 e. The molecule has 1 aliphatic rings. The Morgan fingerprint density at radius 3 is 2.44 bits per heavy atom. The van der Waals surface area contributed by atoms with Gasteiger partial charge in [-0.15, -0.1) is 11.3 Å². The molecule has 0 atom stereocenters. The van der Waals surface area contributed by atoms with Gasteiger partial charge in [0.2, 0.25) is 10.0 Å². The third kappa shape index (κ3) is 4.51. The molecule has 1 aliphatic heterocycles. The van der Waals surface area contributed by atoms with Crippen molar-refractivity contribution in [2.24, 2.45) is 0 Å². The zero-order valence-corrected chi connectivity index (χ0v) is 16.6. The number of nitrogens with one attached hydrogen (secondary N) is 1. The molecule has 9 heteroatoms. The first kappa shape index (κ1) is 18.6. The van der Waals surface area contributed by atoms with Crippen LogP contribution in [-0.2, 0) is 16.6 Å². The molecule has 1 fully saturated rings. The Morgan fingerprint density at radius 2 is 1.84 bits per heavy atom. The molecule has 1 N–H and O–H groups in total. The Balaban J connectivity index is 1.55. The van der Waals surface area contributed by atoms with Crippen LogP contribution in [0.1, 0.15) is 4.88 Å². The topological polar surface area (TPSA) is 52.7 Å². The number of hydrogen-bond donors (Lipinski definition) is 1. The molecule has 0 aliphatic carbocycles. The fourth-order valence-electron chi connectivity index (χ4n) is 2.57. The average Bonchev–Trinajstić information content (AvgIpc) is 3.14. The molecular formula is C16H18ClN3O2S3. The summed E-state index contributed by atoms with van der Waals surface area (Å²) in [5, 5.41) is 6.44. The Morgan fingerprint density at radius 1 is 1.16 bits per heavy atom. The highest BCUT2D eigenvalue weighted by Crippen LogP contribution is 2.20. The molecule has 134 valence electrons. The molecule has 0 bridgehead atoms. The van der Waals surface area contributed by atoms with E-state index in [9.17, 15) is 8.42 Å². The summed E-state index contributed by atoms with van der Waals surface area (Å²) in [6.45, 7) is 2.66. The molecule has 0 amide bonds. The van der Waals surface area contributed by atoms with Crippen LogP contribution in [0.25, 0.3) is 0 Å². The van der Waals surface area contributed by atoms with E-state index in [2.05, 4.69) is 11.4 Å². The zero-order chi connectivity index (χ0) is 17.9. The fourth-order valence-corrected chi connectivity index (χ4v) is 5.02. The van der Waals surface area contributed by atoms with Crippen LogP contribution in [0.15, 0.2) is 46.7 Å². The van der Waals surface area contributed by atoms with Crippen molar-refractivity contribution in [2.45, 2.75) is 11.4 Å². The lowest BCUT2D eigenvalue weighted by Crippen LogP contribution is -2.52. The summed E-state index contributed by atoms with van der Waals surface area (Å²) in [6, 6.07) is 10.3. The van der Waals surface area contributed by atoms with Gasteiger partial charge in [0.15, 0.2) is 5.11 Å². The molecule has 1 aromatic carbocycles. The third-order valence-electron chi connectivity index (χ3n) is 3.97. The van der Waals surface area contributed by atoms with Crippen molar-refractivity contribution >= 4 is 50.3 Å². The van der Waals surface area contributed by atoms with Crippen molar-refractivity contribution in [3.63, 3.8) is 0 Å². The molecule has 25 heavy (non-hydrogen) atoms. The fraction of sp³-hybridized carbons (Fsp3) is 0.312. The summed E-state index contributed by atoms with van der Waals surface area (Å²) in [4.78, 5) is 3.49. The molecule has 2 aromatic rings.